The average Bonchev–Trinajstić information content (AvgIpc) is 2.62. The highest BCUT2D eigenvalue weighted by molar-refractivity contribution is 9.10. The van der Waals surface area contributed by atoms with E-state index in [4.69, 9.17) is 5.11 Å². The molecule has 0 aliphatic rings. The molecule has 1 aromatic carbocycles. The van der Waals surface area contributed by atoms with Crippen molar-refractivity contribution >= 4 is 21.9 Å². The van der Waals surface area contributed by atoms with Crippen LogP contribution < -0.4 is 0 Å². The minimum Gasteiger partial charge on any atom is -0.481 e. The lowest BCUT2D eigenvalue weighted by atomic mass is 10.1. The number of carboxylic acids is 1. The molecule has 0 spiro atoms. The van der Waals surface area contributed by atoms with E-state index in [-0.39, 0.29) is 6.42 Å². The van der Waals surface area contributed by atoms with Crippen molar-refractivity contribution in [3.05, 3.63) is 40.0 Å². The van der Waals surface area contributed by atoms with Crippen molar-refractivity contribution in [3.63, 3.8) is 0 Å². The number of halogens is 1. The molecule has 5 heteroatoms. The predicted molar refractivity (Wildman–Crippen MR) is 77.0 cm³/mol. The van der Waals surface area contributed by atoms with E-state index in [1.807, 2.05) is 32.2 Å². The Bertz CT molecular complexity index is 620. The fourth-order valence-corrected chi connectivity index (χ4v) is 2.81. The van der Waals surface area contributed by atoms with E-state index in [0.717, 1.165) is 21.4 Å². The normalized spacial score (nSPS) is 10.7. The number of aliphatic carboxylic acids is 1. The van der Waals surface area contributed by atoms with E-state index in [2.05, 4.69) is 27.1 Å². The first-order valence-corrected chi connectivity index (χ1v) is 6.78. The van der Waals surface area contributed by atoms with Gasteiger partial charge in [0.25, 0.3) is 0 Å². The highest BCUT2D eigenvalue weighted by Crippen LogP contribution is 2.31. The van der Waals surface area contributed by atoms with Gasteiger partial charge in [-0.1, -0.05) is 23.8 Å². The number of nitrogens with zero attached hydrogens (tertiary/aromatic N) is 2. The Labute approximate surface area is 120 Å². The van der Waals surface area contributed by atoms with Gasteiger partial charge >= 0.3 is 5.97 Å². The summed E-state index contributed by atoms with van der Waals surface area (Å²) in [5.41, 5.74) is 4.01. The van der Waals surface area contributed by atoms with Gasteiger partial charge in [0, 0.05) is 19.0 Å². The molecule has 0 unspecified atom stereocenters. The molecule has 2 rings (SSSR count). The van der Waals surface area contributed by atoms with E-state index in [0.29, 0.717) is 6.42 Å². The van der Waals surface area contributed by atoms with Gasteiger partial charge in [-0.3, -0.25) is 9.48 Å². The molecule has 1 heterocycles. The summed E-state index contributed by atoms with van der Waals surface area (Å²) in [7, 11) is 1.87. The molecule has 0 amide bonds. The number of aryl methyl sites for hydroxylation is 3. The van der Waals surface area contributed by atoms with Crippen molar-refractivity contribution in [2.75, 3.05) is 0 Å². The van der Waals surface area contributed by atoms with Crippen LogP contribution in [-0.2, 0) is 18.3 Å². The summed E-state index contributed by atoms with van der Waals surface area (Å²) >= 11 is 3.54. The summed E-state index contributed by atoms with van der Waals surface area (Å²) in [6.07, 6.45) is 0.512. The van der Waals surface area contributed by atoms with Crippen LogP contribution in [0.2, 0.25) is 0 Å². The zero-order valence-corrected chi connectivity index (χ0v) is 12.4. The SMILES string of the molecule is Cc1cccc(-c2c(Br)c(CCC(=O)O)nn2C)c1. The third-order valence-corrected chi connectivity index (χ3v) is 3.76. The van der Waals surface area contributed by atoms with Crippen molar-refractivity contribution in [2.45, 2.75) is 19.8 Å². The van der Waals surface area contributed by atoms with E-state index >= 15 is 0 Å². The average molecular weight is 323 g/mol. The van der Waals surface area contributed by atoms with Gasteiger partial charge in [-0.15, -0.1) is 0 Å². The minimum absolute atomic E-state index is 0.0862. The van der Waals surface area contributed by atoms with E-state index in [1.165, 1.54) is 5.56 Å². The summed E-state index contributed by atoms with van der Waals surface area (Å²) < 4.78 is 2.66. The maximum absolute atomic E-state index is 10.6. The molecule has 0 aliphatic heterocycles. The number of hydrogen-bond donors (Lipinski definition) is 1. The van der Waals surface area contributed by atoms with Crippen LogP contribution in [0.3, 0.4) is 0 Å². The second-order valence-corrected chi connectivity index (χ2v) is 5.29. The Hall–Kier alpha value is -1.62. The molecule has 4 nitrogen and oxygen atoms in total. The van der Waals surface area contributed by atoms with Gasteiger partial charge in [0.2, 0.25) is 0 Å². The lowest BCUT2D eigenvalue weighted by Gasteiger charge is -2.04. The maximum atomic E-state index is 10.6. The summed E-state index contributed by atoms with van der Waals surface area (Å²) in [5, 5.41) is 13.1. The fraction of sp³-hybridized carbons (Fsp3) is 0.286. The Morgan fingerprint density at radius 2 is 2.21 bits per heavy atom. The smallest absolute Gasteiger partial charge is 0.303 e. The molecule has 0 bridgehead atoms. The van der Waals surface area contributed by atoms with Gasteiger partial charge < -0.3 is 5.11 Å². The highest BCUT2D eigenvalue weighted by Gasteiger charge is 2.16. The molecule has 19 heavy (non-hydrogen) atoms. The Morgan fingerprint density at radius 3 is 2.84 bits per heavy atom. The summed E-state index contributed by atoms with van der Waals surface area (Å²) in [6, 6.07) is 8.15. The standard InChI is InChI=1S/C14H15BrN2O2/c1-9-4-3-5-10(8-9)14-13(15)11(16-17(14)2)6-7-12(18)19/h3-5,8H,6-7H2,1-2H3,(H,18,19). The van der Waals surface area contributed by atoms with Crippen molar-refractivity contribution in [2.24, 2.45) is 7.05 Å². The van der Waals surface area contributed by atoms with Crippen LogP contribution in [0.5, 0.6) is 0 Å². The fourth-order valence-electron chi connectivity index (χ4n) is 2.04. The summed E-state index contributed by atoms with van der Waals surface area (Å²) in [6.45, 7) is 2.04. The van der Waals surface area contributed by atoms with Crippen LogP contribution >= 0.6 is 15.9 Å². The molecular weight excluding hydrogens is 308 g/mol. The molecular formula is C14H15BrN2O2. The summed E-state index contributed by atoms with van der Waals surface area (Å²) in [4.78, 5) is 10.6. The third-order valence-electron chi connectivity index (χ3n) is 2.92. The zero-order valence-electron chi connectivity index (χ0n) is 10.9. The van der Waals surface area contributed by atoms with Crippen molar-refractivity contribution in [3.8, 4) is 11.3 Å². The van der Waals surface area contributed by atoms with Crippen molar-refractivity contribution in [1.82, 2.24) is 9.78 Å². The first-order valence-electron chi connectivity index (χ1n) is 5.99. The van der Waals surface area contributed by atoms with E-state index in [9.17, 15) is 4.79 Å². The molecule has 0 saturated heterocycles. The van der Waals surface area contributed by atoms with Crippen LogP contribution in [0.4, 0.5) is 0 Å². The summed E-state index contributed by atoms with van der Waals surface area (Å²) in [5.74, 6) is -0.811. The quantitative estimate of drug-likeness (QED) is 0.940. The molecule has 100 valence electrons. The minimum atomic E-state index is -0.811. The third kappa shape index (κ3) is 3.04. The predicted octanol–water partition coefficient (Wildman–Crippen LogP) is 3.18. The number of aromatic nitrogens is 2. The number of carboxylic acid groups (broad SMARTS) is 1. The van der Waals surface area contributed by atoms with E-state index < -0.39 is 5.97 Å². The topological polar surface area (TPSA) is 55.1 Å². The number of carbonyl (C=O) groups is 1. The molecule has 2 aromatic rings. The molecule has 0 aliphatic carbocycles. The number of rotatable bonds is 4. The molecule has 0 atom stereocenters. The first-order chi connectivity index (χ1) is 8.99. The van der Waals surface area contributed by atoms with Gasteiger partial charge in [-0.2, -0.15) is 5.10 Å². The molecule has 0 saturated carbocycles. The lowest BCUT2D eigenvalue weighted by molar-refractivity contribution is -0.136. The first kappa shape index (κ1) is 13.8. The van der Waals surface area contributed by atoms with Crippen molar-refractivity contribution in [1.29, 1.82) is 0 Å². The van der Waals surface area contributed by atoms with Crippen LogP contribution in [0.1, 0.15) is 17.7 Å². The van der Waals surface area contributed by atoms with Crippen LogP contribution in [0.25, 0.3) is 11.3 Å². The van der Waals surface area contributed by atoms with Gasteiger partial charge in [0.05, 0.1) is 22.3 Å². The second kappa shape index (κ2) is 5.57. The van der Waals surface area contributed by atoms with Crippen LogP contribution in [0, 0.1) is 6.92 Å². The lowest BCUT2D eigenvalue weighted by Crippen LogP contribution is -1.99. The number of hydrogen-bond acceptors (Lipinski definition) is 2. The van der Waals surface area contributed by atoms with Gasteiger partial charge in [0.1, 0.15) is 0 Å². The molecule has 1 aromatic heterocycles. The van der Waals surface area contributed by atoms with Gasteiger partial charge in [-0.25, -0.2) is 0 Å². The molecule has 0 fully saturated rings. The maximum Gasteiger partial charge on any atom is 0.303 e. The monoisotopic (exact) mass is 322 g/mol. The van der Waals surface area contributed by atoms with Crippen LogP contribution in [-0.4, -0.2) is 20.9 Å². The zero-order chi connectivity index (χ0) is 14.0. The van der Waals surface area contributed by atoms with E-state index in [1.54, 1.807) is 4.68 Å². The van der Waals surface area contributed by atoms with Gasteiger partial charge in [-0.05, 0) is 28.9 Å². The largest absolute Gasteiger partial charge is 0.481 e. The Kier molecular flexibility index (Phi) is 4.04. The van der Waals surface area contributed by atoms with Crippen molar-refractivity contribution < 1.29 is 9.90 Å². The Balaban J connectivity index is 2.39. The van der Waals surface area contributed by atoms with Crippen LogP contribution in [0.15, 0.2) is 28.7 Å². The Morgan fingerprint density at radius 1 is 1.47 bits per heavy atom. The van der Waals surface area contributed by atoms with Gasteiger partial charge in [0.15, 0.2) is 0 Å². The second-order valence-electron chi connectivity index (χ2n) is 4.50. The molecule has 0 radical (unpaired) electrons. The number of benzene rings is 1. The highest BCUT2D eigenvalue weighted by atomic mass is 79.9. The molecule has 1 N–H and O–H groups in total.